The van der Waals surface area contributed by atoms with Crippen LogP contribution in [0.15, 0.2) is 72.8 Å². The molecule has 2 heterocycles. The van der Waals surface area contributed by atoms with Gasteiger partial charge < -0.3 is 9.80 Å². The summed E-state index contributed by atoms with van der Waals surface area (Å²) in [6, 6.07) is 24.1. The van der Waals surface area contributed by atoms with Crippen LogP contribution in [0, 0.1) is 13.8 Å². The van der Waals surface area contributed by atoms with Gasteiger partial charge in [-0.25, -0.2) is 4.98 Å². The zero-order chi connectivity index (χ0) is 22.9. The van der Waals surface area contributed by atoms with Gasteiger partial charge in [-0.15, -0.1) is 0 Å². The molecule has 0 N–H and O–H groups in total. The van der Waals surface area contributed by atoms with Gasteiger partial charge in [-0.1, -0.05) is 48.0 Å². The number of hydrogen-bond acceptors (Lipinski definition) is 3. The topological polar surface area (TPSA) is 36.4 Å². The number of carbonyl (C=O) groups is 1. The second-order valence-corrected chi connectivity index (χ2v) is 9.07. The van der Waals surface area contributed by atoms with Crippen molar-refractivity contribution < 1.29 is 4.79 Å². The van der Waals surface area contributed by atoms with E-state index in [1.54, 1.807) is 0 Å². The Hall–Kier alpha value is -3.37. The number of anilines is 1. The highest BCUT2D eigenvalue weighted by atomic mass is 35.5. The fourth-order valence-corrected chi connectivity index (χ4v) is 4.60. The third-order valence-corrected chi connectivity index (χ3v) is 6.72. The predicted octanol–water partition coefficient (Wildman–Crippen LogP) is 6.13. The molecule has 3 aromatic carbocycles. The molecule has 4 nitrogen and oxygen atoms in total. The normalized spacial score (nSPS) is 14.0. The maximum absolute atomic E-state index is 13.7. The highest BCUT2D eigenvalue weighted by Gasteiger charge is 2.24. The first-order chi connectivity index (χ1) is 16.0. The van der Waals surface area contributed by atoms with Crippen molar-refractivity contribution in [2.45, 2.75) is 13.8 Å². The number of amides is 1. The van der Waals surface area contributed by atoms with E-state index in [0.717, 1.165) is 46.0 Å². The number of aromatic nitrogens is 1. The van der Waals surface area contributed by atoms with Crippen LogP contribution in [0.2, 0.25) is 5.02 Å². The Morgan fingerprint density at radius 3 is 2.39 bits per heavy atom. The van der Waals surface area contributed by atoms with Crippen LogP contribution in [-0.2, 0) is 0 Å². The molecule has 4 aromatic rings. The van der Waals surface area contributed by atoms with Crippen molar-refractivity contribution in [1.29, 1.82) is 0 Å². The molecule has 1 fully saturated rings. The molecule has 1 aliphatic heterocycles. The largest absolute Gasteiger partial charge is 0.368 e. The molecule has 0 spiro atoms. The lowest BCUT2D eigenvalue weighted by Crippen LogP contribution is -2.48. The van der Waals surface area contributed by atoms with E-state index in [0.29, 0.717) is 18.7 Å². The van der Waals surface area contributed by atoms with Gasteiger partial charge in [0.25, 0.3) is 5.91 Å². The summed E-state index contributed by atoms with van der Waals surface area (Å²) in [5, 5.41) is 1.63. The summed E-state index contributed by atoms with van der Waals surface area (Å²) in [4.78, 5) is 22.8. The van der Waals surface area contributed by atoms with Crippen molar-refractivity contribution in [1.82, 2.24) is 9.88 Å². The molecular formula is C28H26ClN3O. The van der Waals surface area contributed by atoms with E-state index >= 15 is 0 Å². The van der Waals surface area contributed by atoms with E-state index in [4.69, 9.17) is 16.6 Å². The highest BCUT2D eigenvalue weighted by molar-refractivity contribution is 6.30. The van der Waals surface area contributed by atoms with Gasteiger partial charge >= 0.3 is 0 Å². The molecule has 0 radical (unpaired) electrons. The molecule has 0 unspecified atom stereocenters. The lowest BCUT2D eigenvalue weighted by atomic mass is 10.00. The fraction of sp³-hybridized carbons (Fsp3) is 0.214. The van der Waals surface area contributed by atoms with Crippen LogP contribution in [-0.4, -0.2) is 42.0 Å². The number of para-hydroxylation sites is 1. The Labute approximate surface area is 199 Å². The number of hydrogen-bond donors (Lipinski definition) is 0. The van der Waals surface area contributed by atoms with E-state index in [1.165, 1.54) is 11.1 Å². The average molecular weight is 456 g/mol. The van der Waals surface area contributed by atoms with Crippen LogP contribution in [0.25, 0.3) is 22.2 Å². The minimum atomic E-state index is 0.0597. The first kappa shape index (κ1) is 21.5. The smallest absolute Gasteiger partial charge is 0.254 e. The van der Waals surface area contributed by atoms with Crippen LogP contribution in [0.5, 0.6) is 0 Å². The Bertz CT molecular complexity index is 1340. The molecule has 166 valence electrons. The van der Waals surface area contributed by atoms with Crippen molar-refractivity contribution in [2.75, 3.05) is 31.1 Å². The Balaban J connectivity index is 1.45. The summed E-state index contributed by atoms with van der Waals surface area (Å²) in [6.07, 6.45) is 0. The number of nitrogens with zero attached hydrogens (tertiary/aromatic N) is 3. The molecule has 1 aliphatic rings. The number of halogens is 1. The minimum Gasteiger partial charge on any atom is -0.368 e. The number of rotatable bonds is 3. The first-order valence-corrected chi connectivity index (χ1v) is 11.6. The van der Waals surface area contributed by atoms with Gasteiger partial charge in [-0.05, 0) is 61.4 Å². The minimum absolute atomic E-state index is 0.0597. The van der Waals surface area contributed by atoms with Crippen LogP contribution in [0.3, 0.4) is 0 Å². The monoisotopic (exact) mass is 455 g/mol. The maximum atomic E-state index is 13.7. The second kappa shape index (κ2) is 8.87. The molecule has 0 bridgehead atoms. The fourth-order valence-electron chi connectivity index (χ4n) is 4.41. The number of carbonyl (C=O) groups excluding carboxylic acids is 1. The number of piperazine rings is 1. The third kappa shape index (κ3) is 4.31. The average Bonchev–Trinajstić information content (AvgIpc) is 2.84. The van der Waals surface area contributed by atoms with Crippen molar-refractivity contribution in [3.8, 4) is 11.3 Å². The second-order valence-electron chi connectivity index (χ2n) is 8.63. The van der Waals surface area contributed by atoms with Crippen molar-refractivity contribution in [2.24, 2.45) is 0 Å². The Morgan fingerprint density at radius 1 is 0.848 bits per heavy atom. The zero-order valence-corrected chi connectivity index (χ0v) is 19.6. The molecular weight excluding hydrogens is 430 g/mol. The van der Waals surface area contributed by atoms with Gasteiger partial charge in [-0.3, -0.25) is 4.79 Å². The van der Waals surface area contributed by atoms with Gasteiger partial charge in [-0.2, -0.15) is 0 Å². The van der Waals surface area contributed by atoms with Gasteiger partial charge in [0.1, 0.15) is 0 Å². The zero-order valence-electron chi connectivity index (χ0n) is 18.9. The molecule has 0 saturated carbocycles. The standard InChI is InChI=1S/C28H26ClN3O/c1-19-10-11-21(16-20(19)2)27-18-25(24-8-3-4-9-26(24)30-27)28(33)32-14-12-31(13-15-32)23-7-5-6-22(29)17-23/h3-11,16-18H,12-15H2,1-2H3. The van der Waals surface area contributed by atoms with E-state index in [-0.39, 0.29) is 5.91 Å². The molecule has 1 saturated heterocycles. The summed E-state index contributed by atoms with van der Waals surface area (Å²) in [5.41, 5.74) is 6.97. The van der Waals surface area contributed by atoms with Gasteiger partial charge in [0.05, 0.1) is 16.8 Å². The van der Waals surface area contributed by atoms with Gasteiger partial charge in [0, 0.05) is 47.8 Å². The van der Waals surface area contributed by atoms with E-state index in [9.17, 15) is 4.79 Å². The maximum Gasteiger partial charge on any atom is 0.254 e. The number of benzene rings is 3. The third-order valence-electron chi connectivity index (χ3n) is 6.49. The van der Waals surface area contributed by atoms with Crippen LogP contribution in [0.1, 0.15) is 21.5 Å². The lowest BCUT2D eigenvalue weighted by Gasteiger charge is -2.36. The number of fused-ring (bicyclic) bond motifs is 1. The molecule has 0 atom stereocenters. The SMILES string of the molecule is Cc1ccc(-c2cc(C(=O)N3CCN(c4cccc(Cl)c4)CC3)c3ccccc3n2)cc1C. The van der Waals surface area contributed by atoms with E-state index < -0.39 is 0 Å². The highest BCUT2D eigenvalue weighted by Crippen LogP contribution is 2.28. The summed E-state index contributed by atoms with van der Waals surface area (Å²) >= 11 is 6.17. The van der Waals surface area contributed by atoms with Gasteiger partial charge in [0.15, 0.2) is 0 Å². The first-order valence-electron chi connectivity index (χ1n) is 11.3. The molecule has 1 aromatic heterocycles. The van der Waals surface area contributed by atoms with Crippen molar-refractivity contribution >= 4 is 34.1 Å². The number of pyridine rings is 1. The summed E-state index contributed by atoms with van der Waals surface area (Å²) < 4.78 is 0. The van der Waals surface area contributed by atoms with E-state index in [2.05, 4.69) is 43.0 Å². The lowest BCUT2D eigenvalue weighted by molar-refractivity contribution is 0.0748. The van der Waals surface area contributed by atoms with Crippen LogP contribution in [0.4, 0.5) is 5.69 Å². The molecule has 33 heavy (non-hydrogen) atoms. The summed E-state index contributed by atoms with van der Waals surface area (Å²) in [7, 11) is 0. The predicted molar refractivity (Wildman–Crippen MR) is 136 cm³/mol. The molecule has 5 rings (SSSR count). The van der Waals surface area contributed by atoms with Crippen LogP contribution >= 0.6 is 11.6 Å². The summed E-state index contributed by atoms with van der Waals surface area (Å²) in [6.45, 7) is 7.09. The molecule has 0 aliphatic carbocycles. The Kier molecular flexibility index (Phi) is 5.77. The molecule has 1 amide bonds. The summed E-state index contributed by atoms with van der Waals surface area (Å²) in [5.74, 6) is 0.0597. The van der Waals surface area contributed by atoms with Crippen molar-refractivity contribution in [3.05, 3.63) is 94.5 Å². The van der Waals surface area contributed by atoms with Gasteiger partial charge in [0.2, 0.25) is 0 Å². The number of aryl methyl sites for hydroxylation is 2. The van der Waals surface area contributed by atoms with E-state index in [1.807, 2.05) is 53.4 Å². The van der Waals surface area contributed by atoms with Crippen LogP contribution < -0.4 is 4.90 Å². The quantitative estimate of drug-likeness (QED) is 0.372. The van der Waals surface area contributed by atoms with Crippen molar-refractivity contribution in [3.63, 3.8) is 0 Å². The molecule has 5 heteroatoms. The Morgan fingerprint density at radius 2 is 1.64 bits per heavy atom.